The number of hydrogen-bond acceptors (Lipinski definition) is 6. The normalized spacial score (nSPS) is 16.3. The molecule has 2 aromatic rings. The van der Waals surface area contributed by atoms with Crippen LogP contribution in [0.4, 0.5) is 0 Å². The summed E-state index contributed by atoms with van der Waals surface area (Å²) in [7, 11) is 0. The number of nitrogens with zero attached hydrogens (tertiary/aromatic N) is 2. The average molecular weight is 253 g/mol. The maximum absolute atomic E-state index is 10.9. The van der Waals surface area contributed by atoms with Crippen molar-refractivity contribution in [1.82, 2.24) is 30.3 Å². The van der Waals surface area contributed by atoms with E-state index in [4.69, 9.17) is 5.84 Å². The standard InChI is InChI=1S/C5H4N4O2.C4H11N3/c10-4-2-3(7-1-6-2)8-5(11)9-4;5-7-3-1-6-2-4-7/h1H,(H3,6,7,8,9,10,11);6H,1-5H2. The quantitative estimate of drug-likeness (QED) is 0.335. The van der Waals surface area contributed by atoms with Crippen molar-refractivity contribution in [2.24, 2.45) is 5.84 Å². The number of hydrogen-bond donors (Lipinski definition) is 5. The summed E-state index contributed by atoms with van der Waals surface area (Å²) in [4.78, 5) is 32.3. The van der Waals surface area contributed by atoms with Gasteiger partial charge in [-0.2, -0.15) is 0 Å². The molecule has 1 fully saturated rings. The molecule has 1 aliphatic rings. The second kappa shape index (κ2) is 5.58. The van der Waals surface area contributed by atoms with Gasteiger partial charge in [-0.05, 0) is 0 Å². The van der Waals surface area contributed by atoms with Crippen LogP contribution in [0.2, 0.25) is 0 Å². The molecule has 0 aromatic carbocycles. The van der Waals surface area contributed by atoms with Crippen LogP contribution in [0.1, 0.15) is 0 Å². The lowest BCUT2D eigenvalue weighted by Gasteiger charge is -2.21. The fourth-order valence-electron chi connectivity index (χ4n) is 1.55. The molecule has 18 heavy (non-hydrogen) atoms. The van der Waals surface area contributed by atoms with Crippen molar-refractivity contribution < 1.29 is 0 Å². The molecule has 3 rings (SSSR count). The third-order valence-electron chi connectivity index (χ3n) is 2.48. The molecule has 98 valence electrons. The Hall–Kier alpha value is -1.97. The Bertz CT molecular complexity index is 607. The van der Waals surface area contributed by atoms with Crippen molar-refractivity contribution in [1.29, 1.82) is 0 Å². The largest absolute Gasteiger partial charge is 0.339 e. The van der Waals surface area contributed by atoms with Crippen LogP contribution >= 0.6 is 0 Å². The molecular weight excluding hydrogens is 238 g/mol. The maximum Gasteiger partial charge on any atom is 0.327 e. The molecule has 0 radical (unpaired) electrons. The van der Waals surface area contributed by atoms with Gasteiger partial charge in [0.05, 0.1) is 6.33 Å². The van der Waals surface area contributed by atoms with Crippen molar-refractivity contribution in [2.75, 3.05) is 26.2 Å². The number of aromatic amines is 3. The SMILES string of the molecule is NN1CCNCC1.O=c1[nH]c(=O)c2[nH]cnc2[nH]1. The van der Waals surface area contributed by atoms with Crippen LogP contribution in [0.3, 0.4) is 0 Å². The lowest BCUT2D eigenvalue weighted by atomic mass is 10.4. The lowest BCUT2D eigenvalue weighted by Crippen LogP contribution is -2.47. The average Bonchev–Trinajstić information content (AvgIpc) is 2.79. The molecule has 0 aliphatic carbocycles. The minimum absolute atomic E-state index is 0.277. The summed E-state index contributed by atoms with van der Waals surface area (Å²) in [5.74, 6) is 5.43. The van der Waals surface area contributed by atoms with Crippen molar-refractivity contribution in [3.05, 3.63) is 27.2 Å². The van der Waals surface area contributed by atoms with Gasteiger partial charge in [-0.3, -0.25) is 20.6 Å². The van der Waals surface area contributed by atoms with Crippen LogP contribution < -0.4 is 22.4 Å². The first kappa shape index (κ1) is 12.5. The first-order valence-corrected chi connectivity index (χ1v) is 5.53. The summed E-state index contributed by atoms with van der Waals surface area (Å²) in [5.41, 5.74) is -0.445. The number of fused-ring (bicyclic) bond motifs is 1. The molecule has 0 saturated carbocycles. The number of rotatable bonds is 0. The van der Waals surface area contributed by atoms with Gasteiger partial charge in [0.15, 0.2) is 5.65 Å². The molecule has 2 aromatic heterocycles. The molecule has 3 heterocycles. The molecule has 1 aliphatic heterocycles. The smallest absolute Gasteiger partial charge is 0.327 e. The van der Waals surface area contributed by atoms with E-state index in [2.05, 4.69) is 25.3 Å². The fourth-order valence-corrected chi connectivity index (χ4v) is 1.55. The highest BCUT2D eigenvalue weighted by atomic mass is 16.2. The van der Waals surface area contributed by atoms with Crippen LogP contribution in [0, 0.1) is 0 Å². The lowest BCUT2D eigenvalue weighted by molar-refractivity contribution is 0.248. The Balaban J connectivity index is 0.000000149. The monoisotopic (exact) mass is 253 g/mol. The highest BCUT2D eigenvalue weighted by Crippen LogP contribution is 1.92. The van der Waals surface area contributed by atoms with E-state index in [1.807, 2.05) is 5.01 Å². The van der Waals surface area contributed by atoms with E-state index in [1.54, 1.807) is 0 Å². The van der Waals surface area contributed by atoms with Gasteiger partial charge in [0.1, 0.15) is 5.52 Å². The molecule has 9 heteroatoms. The van der Waals surface area contributed by atoms with Crippen molar-refractivity contribution in [3.8, 4) is 0 Å². The number of nitrogens with two attached hydrogens (primary N) is 1. The molecular formula is C9H15N7O2. The molecule has 9 nitrogen and oxygen atoms in total. The van der Waals surface area contributed by atoms with E-state index in [-0.39, 0.29) is 11.2 Å². The summed E-state index contributed by atoms with van der Waals surface area (Å²) >= 11 is 0. The van der Waals surface area contributed by atoms with Gasteiger partial charge < -0.3 is 10.3 Å². The van der Waals surface area contributed by atoms with Crippen molar-refractivity contribution in [2.45, 2.75) is 0 Å². The van der Waals surface area contributed by atoms with Crippen molar-refractivity contribution in [3.63, 3.8) is 0 Å². The van der Waals surface area contributed by atoms with E-state index in [0.29, 0.717) is 0 Å². The number of H-pyrrole nitrogens is 3. The van der Waals surface area contributed by atoms with E-state index in [1.165, 1.54) is 6.33 Å². The van der Waals surface area contributed by atoms with Crippen molar-refractivity contribution >= 4 is 11.2 Å². The fraction of sp³-hybridized carbons (Fsp3) is 0.444. The number of aromatic nitrogens is 4. The second-order valence-corrected chi connectivity index (χ2v) is 3.82. The van der Waals surface area contributed by atoms with Gasteiger partial charge in [0, 0.05) is 26.2 Å². The van der Waals surface area contributed by atoms with Crippen LogP contribution in [0.5, 0.6) is 0 Å². The summed E-state index contributed by atoms with van der Waals surface area (Å²) in [6.45, 7) is 4.05. The maximum atomic E-state index is 10.9. The number of hydrazine groups is 1. The van der Waals surface area contributed by atoms with Gasteiger partial charge in [-0.15, -0.1) is 0 Å². The summed E-state index contributed by atoms with van der Waals surface area (Å²) < 4.78 is 0. The zero-order valence-electron chi connectivity index (χ0n) is 9.69. The third-order valence-corrected chi connectivity index (χ3v) is 2.48. The Morgan fingerprint density at radius 2 is 1.94 bits per heavy atom. The van der Waals surface area contributed by atoms with Gasteiger partial charge >= 0.3 is 5.69 Å². The molecule has 6 N–H and O–H groups in total. The Labute approximate surface area is 101 Å². The summed E-state index contributed by atoms with van der Waals surface area (Å²) in [6.07, 6.45) is 1.34. The third kappa shape index (κ3) is 3.03. The highest BCUT2D eigenvalue weighted by Gasteiger charge is 2.01. The Morgan fingerprint density at radius 1 is 1.22 bits per heavy atom. The number of piperazine rings is 1. The topological polar surface area (TPSA) is 136 Å². The minimum atomic E-state index is -0.547. The number of nitrogens with one attached hydrogen (secondary N) is 4. The Kier molecular flexibility index (Phi) is 3.87. The van der Waals surface area contributed by atoms with Gasteiger partial charge in [-0.1, -0.05) is 0 Å². The van der Waals surface area contributed by atoms with Gasteiger partial charge in [0.25, 0.3) is 5.56 Å². The van der Waals surface area contributed by atoms with E-state index < -0.39 is 11.2 Å². The molecule has 0 bridgehead atoms. The van der Waals surface area contributed by atoms with Crippen LogP contribution in [0.25, 0.3) is 11.2 Å². The first-order chi connectivity index (χ1) is 8.66. The molecule has 0 spiro atoms. The minimum Gasteiger partial charge on any atom is -0.339 e. The Morgan fingerprint density at radius 3 is 2.56 bits per heavy atom. The predicted molar refractivity (Wildman–Crippen MR) is 66.0 cm³/mol. The highest BCUT2D eigenvalue weighted by molar-refractivity contribution is 5.67. The van der Waals surface area contributed by atoms with Gasteiger partial charge in [-0.25, -0.2) is 14.8 Å². The van der Waals surface area contributed by atoms with Crippen LogP contribution in [-0.4, -0.2) is 51.1 Å². The van der Waals surface area contributed by atoms with E-state index in [9.17, 15) is 9.59 Å². The zero-order valence-corrected chi connectivity index (χ0v) is 9.69. The summed E-state index contributed by atoms with van der Waals surface area (Å²) in [6, 6.07) is 0. The van der Waals surface area contributed by atoms with E-state index in [0.717, 1.165) is 26.2 Å². The summed E-state index contributed by atoms with van der Waals surface area (Å²) in [5, 5.41) is 5.02. The molecule has 0 amide bonds. The van der Waals surface area contributed by atoms with Gasteiger partial charge in [0.2, 0.25) is 0 Å². The molecule has 1 saturated heterocycles. The predicted octanol–water partition coefficient (Wildman–Crippen LogP) is -2.30. The second-order valence-electron chi connectivity index (χ2n) is 3.82. The first-order valence-electron chi connectivity index (χ1n) is 5.53. The van der Waals surface area contributed by atoms with Crippen LogP contribution in [-0.2, 0) is 0 Å². The van der Waals surface area contributed by atoms with Crippen LogP contribution in [0.15, 0.2) is 15.9 Å². The zero-order chi connectivity index (χ0) is 13.0. The molecule has 0 unspecified atom stereocenters. The number of imidazole rings is 1. The molecule has 0 atom stereocenters. The van der Waals surface area contributed by atoms with E-state index >= 15 is 0 Å².